The van der Waals surface area contributed by atoms with Crippen LogP contribution in [0.1, 0.15) is 35.8 Å². The summed E-state index contributed by atoms with van der Waals surface area (Å²) in [6.45, 7) is 5.41. The Morgan fingerprint density at radius 1 is 1.03 bits per heavy atom. The molecule has 0 aliphatic heterocycles. The van der Waals surface area contributed by atoms with Gasteiger partial charge in [0.1, 0.15) is 0 Å². The number of rotatable bonds is 10. The summed E-state index contributed by atoms with van der Waals surface area (Å²) in [7, 11) is -0.754. The summed E-state index contributed by atoms with van der Waals surface area (Å²) in [4.78, 5) is 15.1. The standard InChI is InChI=1S/C26H30IN6O4S/c1-16-10-19(14-28-11-16)26-32-31-22(33(26)23-20(27-4)8-7-9-21(23)36-5)15-38(34,35)18(3)24(37-6)25-29-12-17(2)13-30-25/h7-14,18,24H,15H2,1-6H3/q-1/t18-,24-/m0/s1. The molecule has 0 unspecified atom stereocenters. The number of ether oxygens (including phenoxy) is 2. The molecule has 1 aromatic carbocycles. The Bertz CT molecular complexity index is 1500. The number of halogens is 1. The predicted octanol–water partition coefficient (Wildman–Crippen LogP) is 0.324. The molecule has 2 atom stereocenters. The van der Waals surface area contributed by atoms with Crippen LogP contribution in [0.4, 0.5) is 0 Å². The van der Waals surface area contributed by atoms with Crippen LogP contribution in [0.2, 0.25) is 0 Å². The average Bonchev–Trinajstić information content (AvgIpc) is 3.31. The van der Waals surface area contributed by atoms with Gasteiger partial charge in [-0.15, -0.1) is 0 Å². The topological polar surface area (TPSA) is 122 Å². The van der Waals surface area contributed by atoms with Crippen LogP contribution in [0, 0.1) is 17.4 Å². The van der Waals surface area contributed by atoms with Gasteiger partial charge >= 0.3 is 227 Å². The van der Waals surface area contributed by atoms with Gasteiger partial charge < -0.3 is 0 Å². The first kappa shape index (κ1) is 28.0. The van der Waals surface area contributed by atoms with Crippen LogP contribution < -0.4 is 25.9 Å². The van der Waals surface area contributed by atoms with Crippen LogP contribution in [-0.2, 0) is 20.3 Å². The number of benzene rings is 1. The van der Waals surface area contributed by atoms with Gasteiger partial charge in [0.05, 0.1) is 0 Å². The van der Waals surface area contributed by atoms with E-state index in [9.17, 15) is 8.42 Å². The van der Waals surface area contributed by atoms with Gasteiger partial charge in [0.15, 0.2) is 0 Å². The molecule has 0 saturated heterocycles. The maximum absolute atomic E-state index is 13.8. The molecule has 202 valence electrons. The van der Waals surface area contributed by atoms with Crippen LogP contribution in [-0.4, -0.2) is 62.5 Å². The molecule has 0 bridgehead atoms. The summed E-state index contributed by atoms with van der Waals surface area (Å²) in [6.07, 6.45) is 5.88. The third kappa shape index (κ3) is 5.71. The molecule has 3 heterocycles. The van der Waals surface area contributed by atoms with Crippen molar-refractivity contribution in [3.63, 3.8) is 0 Å². The first-order valence-corrected chi connectivity index (χ1v) is 16.7. The van der Waals surface area contributed by atoms with Gasteiger partial charge in [0.2, 0.25) is 0 Å². The number of pyridine rings is 1. The fourth-order valence-electron chi connectivity index (χ4n) is 4.10. The van der Waals surface area contributed by atoms with E-state index in [1.807, 2.05) is 38.1 Å². The van der Waals surface area contributed by atoms with Crippen molar-refractivity contribution in [2.75, 3.05) is 19.2 Å². The first-order chi connectivity index (χ1) is 18.2. The van der Waals surface area contributed by atoms with Crippen LogP contribution in [0.5, 0.6) is 5.75 Å². The number of aryl methyl sites for hydroxylation is 2. The summed E-state index contributed by atoms with van der Waals surface area (Å²) in [6, 6.07) is 7.76. The van der Waals surface area contributed by atoms with Crippen molar-refractivity contribution < 1.29 is 39.1 Å². The van der Waals surface area contributed by atoms with E-state index in [4.69, 9.17) is 9.47 Å². The van der Waals surface area contributed by atoms with Crippen LogP contribution in [0.3, 0.4) is 0 Å². The summed E-state index contributed by atoms with van der Waals surface area (Å²) in [5.74, 6) is 1.32. The Labute approximate surface area is 233 Å². The zero-order chi connectivity index (χ0) is 27.4. The summed E-state index contributed by atoms with van der Waals surface area (Å²) in [5.41, 5.74) is 3.29. The molecule has 4 rings (SSSR count). The van der Waals surface area contributed by atoms with E-state index in [0.29, 0.717) is 17.4 Å². The molecule has 0 amide bonds. The Morgan fingerprint density at radius 2 is 1.76 bits per heavy atom. The molecular weight excluding hydrogens is 619 g/mol. The predicted molar refractivity (Wildman–Crippen MR) is 139 cm³/mol. The van der Waals surface area contributed by atoms with Gasteiger partial charge in [-0.3, -0.25) is 0 Å². The molecule has 4 aromatic rings. The molecule has 0 fully saturated rings. The second kappa shape index (κ2) is 11.8. The molecule has 0 radical (unpaired) electrons. The van der Waals surface area contributed by atoms with Crippen molar-refractivity contribution in [3.05, 3.63) is 75.4 Å². The number of para-hydroxylation sites is 1. The van der Waals surface area contributed by atoms with Crippen molar-refractivity contribution in [1.82, 2.24) is 29.7 Å². The SMILES string of the molecule is COc1cccc([I-]C)c1-n1c(CS(=O)(=O)[C@@H](C)[C@H](OC)c2ncc(C)cn2)nnc1-c1cncc(C)c1. The number of hydrogen-bond acceptors (Lipinski definition) is 9. The van der Waals surface area contributed by atoms with Crippen LogP contribution in [0.15, 0.2) is 49.1 Å². The van der Waals surface area contributed by atoms with Crippen molar-refractivity contribution in [3.8, 4) is 22.8 Å². The van der Waals surface area contributed by atoms with Crippen molar-refractivity contribution in [2.45, 2.75) is 37.9 Å². The van der Waals surface area contributed by atoms with Crippen LogP contribution >= 0.6 is 0 Å². The van der Waals surface area contributed by atoms with Gasteiger partial charge in [-0.1, -0.05) is 0 Å². The average molecular weight is 650 g/mol. The first-order valence-electron chi connectivity index (χ1n) is 11.8. The van der Waals surface area contributed by atoms with E-state index >= 15 is 0 Å². The molecule has 38 heavy (non-hydrogen) atoms. The number of hydrogen-bond donors (Lipinski definition) is 0. The Balaban J connectivity index is 1.84. The van der Waals surface area contributed by atoms with Crippen molar-refractivity contribution in [2.24, 2.45) is 0 Å². The molecule has 0 N–H and O–H groups in total. The Kier molecular flexibility index (Phi) is 8.73. The van der Waals surface area contributed by atoms with Crippen LogP contribution in [0.25, 0.3) is 17.1 Å². The second-order valence-corrected chi connectivity index (χ2v) is 13.4. The van der Waals surface area contributed by atoms with E-state index in [1.54, 1.807) is 43.4 Å². The van der Waals surface area contributed by atoms with Crippen molar-refractivity contribution in [1.29, 1.82) is 0 Å². The zero-order valence-corrected chi connectivity index (χ0v) is 25.1. The van der Waals surface area contributed by atoms with Gasteiger partial charge in [0.25, 0.3) is 0 Å². The molecule has 12 heteroatoms. The minimum absolute atomic E-state index is 0.274. The molecule has 10 nitrogen and oxygen atoms in total. The van der Waals surface area contributed by atoms with E-state index in [0.717, 1.165) is 25.9 Å². The zero-order valence-electron chi connectivity index (χ0n) is 22.1. The number of methoxy groups -OCH3 is 2. The molecule has 0 aliphatic rings. The quantitative estimate of drug-likeness (QED) is 0.177. The fraction of sp³-hybridized carbons (Fsp3) is 0.346. The Morgan fingerprint density at radius 3 is 2.39 bits per heavy atom. The monoisotopic (exact) mass is 649 g/mol. The van der Waals surface area contributed by atoms with Gasteiger partial charge in [-0.25, -0.2) is 0 Å². The van der Waals surface area contributed by atoms with E-state index in [2.05, 4.69) is 30.1 Å². The van der Waals surface area contributed by atoms with E-state index < -0.39 is 42.4 Å². The van der Waals surface area contributed by atoms with Crippen molar-refractivity contribution >= 4 is 9.84 Å². The van der Waals surface area contributed by atoms with Gasteiger partial charge in [-0.2, -0.15) is 0 Å². The molecule has 0 spiro atoms. The second-order valence-electron chi connectivity index (χ2n) is 8.79. The number of alkyl halides is 1. The summed E-state index contributed by atoms with van der Waals surface area (Å²) in [5, 5.41) is 7.87. The fourth-order valence-corrected chi connectivity index (χ4v) is 7.10. The molecule has 3 aromatic heterocycles. The third-order valence-electron chi connectivity index (χ3n) is 6.09. The van der Waals surface area contributed by atoms with E-state index in [-0.39, 0.29) is 11.6 Å². The third-order valence-corrected chi connectivity index (χ3v) is 10.2. The molecule has 0 aliphatic carbocycles. The normalized spacial score (nSPS) is 13.4. The Hall–Kier alpha value is -2.97. The maximum atomic E-state index is 13.8. The number of aromatic nitrogens is 6. The molecule has 0 saturated carbocycles. The van der Waals surface area contributed by atoms with Gasteiger partial charge in [-0.05, 0) is 6.92 Å². The number of nitrogens with zero attached hydrogens (tertiary/aromatic N) is 6. The number of sulfone groups is 1. The van der Waals surface area contributed by atoms with Gasteiger partial charge in [0, 0.05) is 0 Å². The molecular formula is C26H30IN6O4S-. The van der Waals surface area contributed by atoms with E-state index in [1.165, 1.54) is 7.11 Å². The summed E-state index contributed by atoms with van der Waals surface area (Å²) < 4.78 is 41.7. The minimum atomic E-state index is -3.81. The summed E-state index contributed by atoms with van der Waals surface area (Å²) >= 11 is -0.396.